The molecule has 1 aromatic rings. The molecular formula is C15H24N3O5+. The van der Waals surface area contributed by atoms with Gasteiger partial charge in [-0.25, -0.2) is 4.79 Å². The van der Waals surface area contributed by atoms with E-state index < -0.39 is 5.97 Å². The molecule has 23 heavy (non-hydrogen) atoms. The summed E-state index contributed by atoms with van der Waals surface area (Å²) in [5, 5.41) is 0. The molecule has 8 heteroatoms. The highest BCUT2D eigenvalue weighted by molar-refractivity contribution is 5.91. The lowest BCUT2D eigenvalue weighted by atomic mass is 10.2. The van der Waals surface area contributed by atoms with Gasteiger partial charge >= 0.3 is 11.9 Å². The number of carbonyl (C=O) groups excluding carboxylic acids is 1. The number of ether oxygens (including phenoxy) is 4. The van der Waals surface area contributed by atoms with Crippen LogP contribution < -0.4 is 30.7 Å². The first-order valence-electron chi connectivity index (χ1n) is 7.12. The van der Waals surface area contributed by atoms with E-state index in [0.717, 1.165) is 6.42 Å². The number of esters is 1. The zero-order valence-electron chi connectivity index (χ0n) is 13.7. The van der Waals surface area contributed by atoms with Crippen molar-refractivity contribution in [3.8, 4) is 17.2 Å². The Morgan fingerprint density at radius 3 is 2.13 bits per heavy atom. The molecule has 1 aromatic carbocycles. The van der Waals surface area contributed by atoms with Gasteiger partial charge in [0, 0.05) is 0 Å². The minimum absolute atomic E-state index is 0.180. The van der Waals surface area contributed by atoms with E-state index in [1.165, 1.54) is 21.3 Å². The SMILES string of the molecule is COc1cc(C(=O)OCCCC[NH+]=C(N)N)cc(OC)c1OC. The fourth-order valence-electron chi connectivity index (χ4n) is 1.91. The van der Waals surface area contributed by atoms with Crippen LogP contribution >= 0.6 is 0 Å². The summed E-state index contributed by atoms with van der Waals surface area (Å²) in [5.74, 6) is 0.948. The standard InChI is InChI=1S/C15H23N3O5/c1-20-11-8-10(9-12(21-2)13(11)22-3)14(19)23-7-5-4-6-18-15(16)17/h8-9H,4-7H2,1-3H3,(H4,16,17,18)/p+1. The first-order chi connectivity index (χ1) is 11.0. The molecule has 0 bridgehead atoms. The number of unbranched alkanes of at least 4 members (excludes halogenated alkanes) is 1. The number of hydrogen-bond donors (Lipinski definition) is 3. The van der Waals surface area contributed by atoms with Crippen molar-refractivity contribution >= 4 is 11.9 Å². The van der Waals surface area contributed by atoms with Crippen LogP contribution in [-0.4, -0.2) is 46.4 Å². The predicted molar refractivity (Wildman–Crippen MR) is 84.8 cm³/mol. The zero-order chi connectivity index (χ0) is 17.2. The van der Waals surface area contributed by atoms with Crippen LogP contribution in [0.15, 0.2) is 12.1 Å². The molecule has 0 spiro atoms. The Morgan fingerprint density at radius 2 is 1.65 bits per heavy atom. The van der Waals surface area contributed by atoms with Gasteiger partial charge in [-0.05, 0) is 25.0 Å². The second-order valence-electron chi connectivity index (χ2n) is 4.64. The molecule has 1 rings (SSSR count). The minimum atomic E-state index is -0.456. The van der Waals surface area contributed by atoms with Crippen LogP contribution in [0.3, 0.4) is 0 Å². The molecule has 0 aromatic heterocycles. The van der Waals surface area contributed by atoms with Crippen molar-refractivity contribution in [1.82, 2.24) is 0 Å². The topological polar surface area (TPSA) is 120 Å². The number of nitrogens with one attached hydrogen (secondary N) is 1. The molecule has 0 unspecified atom stereocenters. The Labute approximate surface area is 135 Å². The van der Waals surface area contributed by atoms with Crippen LogP contribution in [0.2, 0.25) is 0 Å². The maximum absolute atomic E-state index is 12.1. The lowest BCUT2D eigenvalue weighted by molar-refractivity contribution is -0.459. The van der Waals surface area contributed by atoms with Crippen LogP contribution in [0, 0.1) is 0 Å². The van der Waals surface area contributed by atoms with Gasteiger partial charge in [0.15, 0.2) is 11.5 Å². The van der Waals surface area contributed by atoms with Crippen molar-refractivity contribution in [2.45, 2.75) is 12.8 Å². The van der Waals surface area contributed by atoms with Crippen molar-refractivity contribution in [3.63, 3.8) is 0 Å². The molecule has 0 radical (unpaired) electrons. The molecule has 5 N–H and O–H groups in total. The number of nitrogens with two attached hydrogens (primary N) is 2. The molecule has 0 saturated heterocycles. The van der Waals surface area contributed by atoms with Crippen molar-refractivity contribution < 1.29 is 28.7 Å². The van der Waals surface area contributed by atoms with Crippen LogP contribution in [0.4, 0.5) is 0 Å². The number of hydrogen-bond acceptors (Lipinski definition) is 5. The van der Waals surface area contributed by atoms with Gasteiger partial charge in [0.1, 0.15) is 0 Å². The normalized spacial score (nSPS) is 9.87. The van der Waals surface area contributed by atoms with Crippen molar-refractivity contribution in [3.05, 3.63) is 17.7 Å². The lowest BCUT2D eigenvalue weighted by Crippen LogP contribution is -2.78. The highest BCUT2D eigenvalue weighted by Crippen LogP contribution is 2.38. The van der Waals surface area contributed by atoms with E-state index in [1.54, 1.807) is 12.1 Å². The number of methoxy groups -OCH3 is 3. The predicted octanol–water partition coefficient (Wildman–Crippen LogP) is -0.997. The van der Waals surface area contributed by atoms with Gasteiger partial charge < -0.3 is 18.9 Å². The highest BCUT2D eigenvalue weighted by Gasteiger charge is 2.17. The van der Waals surface area contributed by atoms with Crippen LogP contribution in [0.25, 0.3) is 0 Å². The first kappa shape index (κ1) is 18.4. The van der Waals surface area contributed by atoms with Gasteiger partial charge in [-0.15, -0.1) is 0 Å². The number of guanidine groups is 1. The monoisotopic (exact) mass is 326 g/mol. The summed E-state index contributed by atoms with van der Waals surface area (Å²) in [4.78, 5) is 14.9. The average Bonchev–Trinajstić information content (AvgIpc) is 2.55. The van der Waals surface area contributed by atoms with Crippen LogP contribution in [0.1, 0.15) is 23.2 Å². The van der Waals surface area contributed by atoms with E-state index in [1.807, 2.05) is 0 Å². The quantitative estimate of drug-likeness (QED) is 0.230. The molecule has 8 nitrogen and oxygen atoms in total. The van der Waals surface area contributed by atoms with Gasteiger partial charge in [0.05, 0.1) is 40.0 Å². The fourth-order valence-corrected chi connectivity index (χ4v) is 1.91. The van der Waals surface area contributed by atoms with E-state index in [9.17, 15) is 4.79 Å². The van der Waals surface area contributed by atoms with Gasteiger partial charge in [0.25, 0.3) is 0 Å². The molecule has 0 aliphatic heterocycles. The van der Waals surface area contributed by atoms with Gasteiger partial charge in [-0.2, -0.15) is 0 Å². The summed E-state index contributed by atoms with van der Waals surface area (Å²) in [7, 11) is 4.47. The summed E-state index contributed by atoms with van der Waals surface area (Å²) in [5.41, 5.74) is 10.9. The molecular weight excluding hydrogens is 302 g/mol. The third-order valence-electron chi connectivity index (χ3n) is 3.03. The van der Waals surface area contributed by atoms with E-state index >= 15 is 0 Å². The largest absolute Gasteiger partial charge is 0.493 e. The van der Waals surface area contributed by atoms with Crippen LogP contribution in [-0.2, 0) is 4.74 Å². The highest BCUT2D eigenvalue weighted by atomic mass is 16.5. The third kappa shape index (κ3) is 5.57. The summed E-state index contributed by atoms with van der Waals surface area (Å²) < 4.78 is 20.8. The van der Waals surface area contributed by atoms with Crippen molar-refractivity contribution in [2.75, 3.05) is 34.5 Å². The van der Waals surface area contributed by atoms with Crippen LogP contribution in [0.5, 0.6) is 17.2 Å². The second kappa shape index (κ2) is 9.39. The van der Waals surface area contributed by atoms with Gasteiger partial charge in [-0.3, -0.25) is 16.5 Å². The van der Waals surface area contributed by atoms with Gasteiger partial charge in [-0.1, -0.05) is 0 Å². The summed E-state index contributed by atoms with van der Waals surface area (Å²) in [6, 6.07) is 3.10. The molecule has 0 saturated carbocycles. The number of rotatable bonds is 9. The maximum atomic E-state index is 12.1. The molecule has 0 fully saturated rings. The Morgan fingerprint density at radius 1 is 1.04 bits per heavy atom. The van der Waals surface area contributed by atoms with E-state index in [4.69, 9.17) is 30.4 Å². The lowest BCUT2D eigenvalue weighted by Gasteiger charge is -2.13. The average molecular weight is 326 g/mol. The molecule has 0 atom stereocenters. The van der Waals surface area contributed by atoms with Gasteiger partial charge in [0.2, 0.25) is 5.75 Å². The number of carbonyl (C=O) groups is 1. The molecule has 128 valence electrons. The minimum Gasteiger partial charge on any atom is -0.493 e. The maximum Gasteiger partial charge on any atom is 0.338 e. The Bertz CT molecular complexity index is 531. The number of benzene rings is 1. The molecule has 0 aliphatic carbocycles. The third-order valence-corrected chi connectivity index (χ3v) is 3.03. The first-order valence-corrected chi connectivity index (χ1v) is 7.12. The van der Waals surface area contributed by atoms with E-state index in [2.05, 4.69) is 4.99 Å². The summed E-state index contributed by atoms with van der Waals surface area (Å²) in [6.07, 6.45) is 1.47. The van der Waals surface area contributed by atoms with E-state index in [-0.39, 0.29) is 5.96 Å². The van der Waals surface area contributed by atoms with Crippen molar-refractivity contribution in [2.24, 2.45) is 11.5 Å². The second-order valence-corrected chi connectivity index (χ2v) is 4.64. The van der Waals surface area contributed by atoms with E-state index in [0.29, 0.717) is 42.4 Å². The molecule has 0 heterocycles. The molecule has 0 aliphatic rings. The summed E-state index contributed by atoms with van der Waals surface area (Å²) in [6.45, 7) is 0.922. The zero-order valence-corrected chi connectivity index (χ0v) is 13.7. The van der Waals surface area contributed by atoms with Crippen molar-refractivity contribution in [1.29, 1.82) is 0 Å². The smallest absolute Gasteiger partial charge is 0.338 e. The molecule has 0 amide bonds. The Kier molecular flexibility index (Phi) is 7.52. The Hall–Kier alpha value is -2.64. The Balaban J connectivity index is 2.64. The fraction of sp³-hybridized carbons (Fsp3) is 0.467. The summed E-state index contributed by atoms with van der Waals surface area (Å²) >= 11 is 0.